The summed E-state index contributed by atoms with van der Waals surface area (Å²) in [6, 6.07) is 16.5. The lowest BCUT2D eigenvalue weighted by molar-refractivity contribution is -0.117. The highest BCUT2D eigenvalue weighted by molar-refractivity contribution is 5.99. The molecule has 1 N–H and O–H groups in total. The van der Waals surface area contributed by atoms with E-state index in [2.05, 4.69) is 12.2 Å². The summed E-state index contributed by atoms with van der Waals surface area (Å²) >= 11 is 0. The third-order valence-electron chi connectivity index (χ3n) is 4.41. The summed E-state index contributed by atoms with van der Waals surface area (Å²) in [7, 11) is 0. The highest BCUT2D eigenvalue weighted by Crippen LogP contribution is 2.21. The van der Waals surface area contributed by atoms with Crippen molar-refractivity contribution >= 4 is 17.5 Å². The minimum absolute atomic E-state index is 0.0289. The standard InChI is InChI=1S/C21H24N2O3/c1-2-3-13-26-19-11-9-16(10-12-19)21(25)22-17-14-20(24)23(15-17)18-7-5-4-6-8-18/h4-12,17H,2-3,13-15H2,1H3,(H,22,25). The Balaban J connectivity index is 1.56. The van der Waals surface area contributed by atoms with Gasteiger partial charge in [-0.1, -0.05) is 31.5 Å². The molecule has 2 aromatic rings. The van der Waals surface area contributed by atoms with Crippen molar-refractivity contribution in [2.24, 2.45) is 0 Å². The summed E-state index contributed by atoms with van der Waals surface area (Å²) in [6.45, 7) is 3.29. The Morgan fingerprint density at radius 2 is 1.88 bits per heavy atom. The van der Waals surface area contributed by atoms with Gasteiger partial charge in [0.25, 0.3) is 5.91 Å². The number of rotatable bonds is 7. The Morgan fingerprint density at radius 3 is 2.58 bits per heavy atom. The third kappa shape index (κ3) is 4.42. The maximum atomic E-state index is 12.4. The van der Waals surface area contributed by atoms with Crippen molar-refractivity contribution in [3.63, 3.8) is 0 Å². The molecule has 0 spiro atoms. The first-order valence-electron chi connectivity index (χ1n) is 9.06. The molecule has 0 aromatic heterocycles. The zero-order chi connectivity index (χ0) is 18.4. The van der Waals surface area contributed by atoms with E-state index in [0.29, 0.717) is 25.1 Å². The van der Waals surface area contributed by atoms with Gasteiger partial charge in [-0.25, -0.2) is 0 Å². The molecule has 5 heteroatoms. The van der Waals surface area contributed by atoms with Gasteiger partial charge in [0.1, 0.15) is 5.75 Å². The van der Waals surface area contributed by atoms with E-state index in [1.165, 1.54) is 0 Å². The first-order valence-corrected chi connectivity index (χ1v) is 9.06. The number of benzene rings is 2. The van der Waals surface area contributed by atoms with Crippen LogP contribution in [0.3, 0.4) is 0 Å². The molecule has 1 fully saturated rings. The highest BCUT2D eigenvalue weighted by atomic mass is 16.5. The van der Waals surface area contributed by atoms with Crippen molar-refractivity contribution in [2.75, 3.05) is 18.1 Å². The van der Waals surface area contributed by atoms with Crippen LogP contribution in [0.15, 0.2) is 54.6 Å². The lowest BCUT2D eigenvalue weighted by Gasteiger charge is -2.17. The van der Waals surface area contributed by atoms with E-state index in [0.717, 1.165) is 24.3 Å². The van der Waals surface area contributed by atoms with E-state index in [1.807, 2.05) is 30.3 Å². The van der Waals surface area contributed by atoms with Gasteiger partial charge in [-0.3, -0.25) is 9.59 Å². The van der Waals surface area contributed by atoms with Crippen LogP contribution in [0, 0.1) is 0 Å². The van der Waals surface area contributed by atoms with Crippen LogP contribution in [0.5, 0.6) is 5.75 Å². The van der Waals surface area contributed by atoms with E-state index in [9.17, 15) is 9.59 Å². The normalized spacial score (nSPS) is 16.6. The smallest absolute Gasteiger partial charge is 0.251 e. The number of hydrogen-bond acceptors (Lipinski definition) is 3. The molecule has 26 heavy (non-hydrogen) atoms. The van der Waals surface area contributed by atoms with Crippen LogP contribution in [0.1, 0.15) is 36.5 Å². The van der Waals surface area contributed by atoms with E-state index in [1.54, 1.807) is 29.2 Å². The van der Waals surface area contributed by atoms with Crippen LogP contribution in [-0.2, 0) is 4.79 Å². The number of ether oxygens (including phenoxy) is 1. The number of amides is 2. The fourth-order valence-corrected chi connectivity index (χ4v) is 2.97. The Morgan fingerprint density at radius 1 is 1.15 bits per heavy atom. The Kier molecular flexibility index (Phi) is 5.89. The lowest BCUT2D eigenvalue weighted by Crippen LogP contribution is -2.37. The predicted octanol–water partition coefficient (Wildman–Crippen LogP) is 3.40. The van der Waals surface area contributed by atoms with Crippen molar-refractivity contribution in [1.29, 1.82) is 0 Å². The largest absolute Gasteiger partial charge is 0.494 e. The van der Waals surface area contributed by atoms with Crippen LogP contribution in [-0.4, -0.2) is 31.0 Å². The first-order chi connectivity index (χ1) is 12.7. The monoisotopic (exact) mass is 352 g/mol. The summed E-state index contributed by atoms with van der Waals surface area (Å²) in [5.41, 5.74) is 1.43. The molecule has 0 radical (unpaired) electrons. The zero-order valence-electron chi connectivity index (χ0n) is 15.0. The number of carbonyl (C=O) groups excluding carboxylic acids is 2. The Bertz CT molecular complexity index is 744. The molecule has 1 heterocycles. The van der Waals surface area contributed by atoms with Crippen LogP contribution >= 0.6 is 0 Å². The molecule has 136 valence electrons. The van der Waals surface area contributed by atoms with Gasteiger partial charge in [0.15, 0.2) is 0 Å². The molecule has 0 saturated carbocycles. The van der Waals surface area contributed by atoms with Gasteiger partial charge in [0.2, 0.25) is 5.91 Å². The molecule has 5 nitrogen and oxygen atoms in total. The number of para-hydroxylation sites is 1. The molecule has 1 unspecified atom stereocenters. The number of carbonyl (C=O) groups is 2. The van der Waals surface area contributed by atoms with Crippen molar-refractivity contribution < 1.29 is 14.3 Å². The van der Waals surface area contributed by atoms with Crippen molar-refractivity contribution in [1.82, 2.24) is 5.32 Å². The maximum Gasteiger partial charge on any atom is 0.251 e. The number of hydrogen-bond donors (Lipinski definition) is 1. The van der Waals surface area contributed by atoms with Crippen LogP contribution in [0.4, 0.5) is 5.69 Å². The molecule has 1 aliphatic heterocycles. The summed E-state index contributed by atoms with van der Waals surface area (Å²) in [6.07, 6.45) is 2.41. The van der Waals surface area contributed by atoms with E-state index in [4.69, 9.17) is 4.74 Å². The third-order valence-corrected chi connectivity index (χ3v) is 4.41. The molecule has 1 aliphatic rings. The maximum absolute atomic E-state index is 12.4. The quantitative estimate of drug-likeness (QED) is 0.777. The Labute approximate surface area is 154 Å². The van der Waals surface area contributed by atoms with E-state index >= 15 is 0 Å². The first kappa shape index (κ1) is 18.0. The average molecular weight is 352 g/mol. The van der Waals surface area contributed by atoms with Crippen LogP contribution in [0.25, 0.3) is 0 Å². The number of anilines is 1. The van der Waals surface area contributed by atoms with Gasteiger partial charge in [0.05, 0.1) is 12.6 Å². The molecular weight excluding hydrogens is 328 g/mol. The Hall–Kier alpha value is -2.82. The second kappa shape index (κ2) is 8.52. The van der Waals surface area contributed by atoms with Crippen LogP contribution < -0.4 is 15.0 Å². The highest BCUT2D eigenvalue weighted by Gasteiger charge is 2.31. The van der Waals surface area contributed by atoms with Gasteiger partial charge in [-0.15, -0.1) is 0 Å². The summed E-state index contributed by atoms with van der Waals surface area (Å²) in [4.78, 5) is 26.4. The van der Waals surface area contributed by atoms with E-state index in [-0.39, 0.29) is 17.9 Å². The lowest BCUT2D eigenvalue weighted by atomic mass is 10.2. The number of nitrogens with one attached hydrogen (secondary N) is 1. The molecular formula is C21H24N2O3. The minimum atomic E-state index is -0.185. The predicted molar refractivity (Wildman–Crippen MR) is 102 cm³/mol. The second-order valence-electron chi connectivity index (χ2n) is 6.44. The van der Waals surface area contributed by atoms with Crippen molar-refractivity contribution in [3.8, 4) is 5.75 Å². The van der Waals surface area contributed by atoms with Gasteiger partial charge >= 0.3 is 0 Å². The van der Waals surface area contributed by atoms with Gasteiger partial charge in [-0.05, 0) is 42.8 Å². The fourth-order valence-electron chi connectivity index (χ4n) is 2.97. The molecule has 0 aliphatic carbocycles. The summed E-state index contributed by atoms with van der Waals surface area (Å²) in [5.74, 6) is 0.625. The molecule has 1 saturated heterocycles. The number of unbranched alkanes of at least 4 members (excludes halogenated alkanes) is 1. The van der Waals surface area contributed by atoms with Gasteiger partial charge < -0.3 is 15.0 Å². The molecule has 2 amide bonds. The van der Waals surface area contributed by atoms with Gasteiger partial charge in [0, 0.05) is 24.2 Å². The summed E-state index contributed by atoms with van der Waals surface area (Å²) < 4.78 is 5.61. The minimum Gasteiger partial charge on any atom is -0.494 e. The zero-order valence-corrected chi connectivity index (χ0v) is 15.0. The van der Waals surface area contributed by atoms with E-state index < -0.39 is 0 Å². The molecule has 3 rings (SSSR count). The second-order valence-corrected chi connectivity index (χ2v) is 6.44. The average Bonchev–Trinajstić information content (AvgIpc) is 3.03. The SMILES string of the molecule is CCCCOc1ccc(C(=O)NC2CC(=O)N(c3ccccc3)C2)cc1. The fraction of sp³-hybridized carbons (Fsp3) is 0.333. The molecule has 1 atom stereocenters. The molecule has 0 bridgehead atoms. The van der Waals surface area contributed by atoms with Crippen molar-refractivity contribution in [2.45, 2.75) is 32.2 Å². The van der Waals surface area contributed by atoms with Gasteiger partial charge in [-0.2, -0.15) is 0 Å². The number of nitrogens with zero attached hydrogens (tertiary/aromatic N) is 1. The van der Waals surface area contributed by atoms with Crippen LogP contribution in [0.2, 0.25) is 0 Å². The van der Waals surface area contributed by atoms with Crippen molar-refractivity contribution in [3.05, 3.63) is 60.2 Å². The molecule has 2 aromatic carbocycles. The summed E-state index contributed by atoms with van der Waals surface area (Å²) in [5, 5.41) is 2.95. The topological polar surface area (TPSA) is 58.6 Å².